The lowest BCUT2D eigenvalue weighted by Crippen LogP contribution is -2.10. The Morgan fingerprint density at radius 2 is 1.83 bits per heavy atom. The number of hydrogen-bond acceptors (Lipinski definition) is 4. The molecule has 0 saturated heterocycles. The Bertz CT molecular complexity index is 194. The maximum Gasteiger partial charge on any atom is 0.333 e. The second-order valence-electron chi connectivity index (χ2n) is 2.66. The average Bonchev–Trinajstić information content (AvgIpc) is 2.02. The standard InChI is InChI=1S/C7H15O4P/c1-6(8)5-7(2)12(9,10-3)11-4/h7H,5H2,1-4H3. The summed E-state index contributed by atoms with van der Waals surface area (Å²) in [5.74, 6) is -0.0168. The number of carbonyl (C=O) groups excluding carboxylic acids is 1. The van der Waals surface area contributed by atoms with Crippen molar-refractivity contribution >= 4 is 13.4 Å². The molecule has 4 nitrogen and oxygen atoms in total. The van der Waals surface area contributed by atoms with Crippen LogP contribution in [-0.4, -0.2) is 25.7 Å². The van der Waals surface area contributed by atoms with Gasteiger partial charge in [0.15, 0.2) is 0 Å². The van der Waals surface area contributed by atoms with Gasteiger partial charge in [0.05, 0.1) is 5.66 Å². The summed E-state index contributed by atoms with van der Waals surface area (Å²) < 4.78 is 21.1. The quantitative estimate of drug-likeness (QED) is 0.626. The summed E-state index contributed by atoms with van der Waals surface area (Å²) in [6.07, 6.45) is 0.221. The van der Waals surface area contributed by atoms with Gasteiger partial charge in [-0.3, -0.25) is 4.57 Å². The van der Waals surface area contributed by atoms with Crippen LogP contribution < -0.4 is 0 Å². The Labute approximate surface area is 72.8 Å². The zero-order chi connectivity index (χ0) is 9.78. The monoisotopic (exact) mass is 194 g/mol. The predicted octanol–water partition coefficient (Wildman–Crippen LogP) is 1.84. The van der Waals surface area contributed by atoms with Gasteiger partial charge in [-0.15, -0.1) is 0 Å². The summed E-state index contributed by atoms with van der Waals surface area (Å²) >= 11 is 0. The number of hydrogen-bond donors (Lipinski definition) is 0. The van der Waals surface area contributed by atoms with Gasteiger partial charge in [-0.2, -0.15) is 0 Å². The van der Waals surface area contributed by atoms with Gasteiger partial charge < -0.3 is 13.8 Å². The van der Waals surface area contributed by atoms with Crippen LogP contribution in [0.3, 0.4) is 0 Å². The third-order valence-corrected chi connectivity index (χ3v) is 3.91. The predicted molar refractivity (Wildman–Crippen MR) is 46.4 cm³/mol. The van der Waals surface area contributed by atoms with E-state index in [9.17, 15) is 9.36 Å². The molecule has 0 radical (unpaired) electrons. The van der Waals surface area contributed by atoms with Crippen molar-refractivity contribution in [1.82, 2.24) is 0 Å². The molecule has 0 fully saturated rings. The van der Waals surface area contributed by atoms with Crippen LogP contribution in [0.2, 0.25) is 0 Å². The second kappa shape index (κ2) is 4.75. The topological polar surface area (TPSA) is 52.6 Å². The molecule has 0 aliphatic heterocycles. The molecule has 12 heavy (non-hydrogen) atoms. The molecule has 0 amide bonds. The smallest absolute Gasteiger partial charge is 0.312 e. The first-order valence-electron chi connectivity index (χ1n) is 3.67. The lowest BCUT2D eigenvalue weighted by atomic mass is 10.2. The number of rotatable bonds is 5. The van der Waals surface area contributed by atoms with Gasteiger partial charge in [0.2, 0.25) is 0 Å². The number of carbonyl (C=O) groups is 1. The maximum absolute atomic E-state index is 11.6. The van der Waals surface area contributed by atoms with Crippen LogP contribution in [0.4, 0.5) is 0 Å². The normalized spacial score (nSPS) is 14.3. The van der Waals surface area contributed by atoms with E-state index in [4.69, 9.17) is 9.05 Å². The van der Waals surface area contributed by atoms with E-state index in [2.05, 4.69) is 0 Å². The molecule has 72 valence electrons. The molecule has 1 atom stereocenters. The van der Waals surface area contributed by atoms with Crippen molar-refractivity contribution in [2.45, 2.75) is 25.9 Å². The van der Waals surface area contributed by atoms with Crippen molar-refractivity contribution in [2.75, 3.05) is 14.2 Å². The molecule has 0 aromatic heterocycles. The molecule has 0 rings (SSSR count). The molecule has 0 N–H and O–H groups in total. The third kappa shape index (κ3) is 3.05. The molecule has 0 aromatic rings. The highest BCUT2D eigenvalue weighted by Crippen LogP contribution is 2.52. The Kier molecular flexibility index (Phi) is 4.68. The first-order valence-corrected chi connectivity index (χ1v) is 5.28. The van der Waals surface area contributed by atoms with Gasteiger partial charge in [0.25, 0.3) is 0 Å². The van der Waals surface area contributed by atoms with E-state index in [0.717, 1.165) is 0 Å². The van der Waals surface area contributed by atoms with Gasteiger partial charge in [-0.25, -0.2) is 0 Å². The fraction of sp³-hybridized carbons (Fsp3) is 0.857. The maximum atomic E-state index is 11.6. The first-order chi connectivity index (χ1) is 5.46. The SMILES string of the molecule is COP(=O)(OC)C(C)CC(C)=O. The molecule has 5 heteroatoms. The lowest BCUT2D eigenvalue weighted by molar-refractivity contribution is -0.117. The molecular formula is C7H15O4P. The molecule has 0 saturated carbocycles. The minimum Gasteiger partial charge on any atom is -0.312 e. The fourth-order valence-corrected chi connectivity index (χ4v) is 2.31. The van der Waals surface area contributed by atoms with Crippen LogP contribution in [0, 0.1) is 0 Å². The van der Waals surface area contributed by atoms with Crippen LogP contribution in [0.25, 0.3) is 0 Å². The summed E-state index contributed by atoms with van der Waals surface area (Å²) in [6.45, 7) is 3.13. The van der Waals surface area contributed by atoms with Gasteiger partial charge >= 0.3 is 7.60 Å². The van der Waals surface area contributed by atoms with Gasteiger partial charge in [0, 0.05) is 20.6 Å². The van der Waals surface area contributed by atoms with E-state index in [0.29, 0.717) is 0 Å². The van der Waals surface area contributed by atoms with Crippen molar-refractivity contribution < 1.29 is 18.4 Å². The van der Waals surface area contributed by atoms with Crippen molar-refractivity contribution in [3.63, 3.8) is 0 Å². The van der Waals surface area contributed by atoms with E-state index in [1.54, 1.807) is 6.92 Å². The lowest BCUT2D eigenvalue weighted by Gasteiger charge is -2.19. The molecule has 0 aliphatic carbocycles. The molecule has 0 aromatic carbocycles. The summed E-state index contributed by atoms with van der Waals surface area (Å²) in [4.78, 5) is 10.7. The van der Waals surface area contributed by atoms with Crippen LogP contribution in [0.5, 0.6) is 0 Å². The molecule has 0 spiro atoms. The van der Waals surface area contributed by atoms with E-state index < -0.39 is 7.60 Å². The number of Topliss-reactive ketones (excluding diaryl/α,β-unsaturated/α-hetero) is 1. The minimum atomic E-state index is -3.05. The van der Waals surface area contributed by atoms with Gasteiger partial charge in [-0.1, -0.05) is 6.92 Å². The fourth-order valence-electron chi connectivity index (χ4n) is 0.962. The highest BCUT2D eigenvalue weighted by molar-refractivity contribution is 7.54. The van der Waals surface area contributed by atoms with Crippen LogP contribution in [0.1, 0.15) is 20.3 Å². The Morgan fingerprint density at radius 3 is 2.08 bits per heavy atom. The van der Waals surface area contributed by atoms with E-state index in [1.807, 2.05) is 0 Å². The number of ketones is 1. The summed E-state index contributed by atoms with van der Waals surface area (Å²) in [7, 11) is -0.406. The van der Waals surface area contributed by atoms with E-state index in [-0.39, 0.29) is 17.9 Å². The third-order valence-electron chi connectivity index (χ3n) is 1.63. The Morgan fingerprint density at radius 1 is 1.42 bits per heavy atom. The van der Waals surface area contributed by atoms with Gasteiger partial charge in [0.1, 0.15) is 5.78 Å². The summed E-state index contributed by atoms with van der Waals surface area (Å²) in [5.41, 5.74) is -0.370. The first kappa shape index (κ1) is 11.8. The zero-order valence-corrected chi connectivity index (χ0v) is 8.76. The second-order valence-corrected chi connectivity index (χ2v) is 5.35. The molecule has 0 bridgehead atoms. The van der Waals surface area contributed by atoms with Crippen LogP contribution >= 0.6 is 7.60 Å². The van der Waals surface area contributed by atoms with Crippen molar-refractivity contribution in [3.8, 4) is 0 Å². The molecule has 1 unspecified atom stereocenters. The highest BCUT2D eigenvalue weighted by Gasteiger charge is 2.30. The van der Waals surface area contributed by atoms with E-state index >= 15 is 0 Å². The summed E-state index contributed by atoms with van der Waals surface area (Å²) in [6, 6.07) is 0. The van der Waals surface area contributed by atoms with E-state index in [1.165, 1.54) is 21.1 Å². The highest BCUT2D eigenvalue weighted by atomic mass is 31.2. The molecule has 0 heterocycles. The largest absolute Gasteiger partial charge is 0.333 e. The van der Waals surface area contributed by atoms with Crippen molar-refractivity contribution in [3.05, 3.63) is 0 Å². The molecule has 0 aliphatic rings. The Hall–Kier alpha value is -0.180. The summed E-state index contributed by atoms with van der Waals surface area (Å²) in [5, 5.41) is 0. The van der Waals surface area contributed by atoms with Crippen LogP contribution in [-0.2, 0) is 18.4 Å². The minimum absolute atomic E-state index is 0.0168. The molecular weight excluding hydrogens is 179 g/mol. The van der Waals surface area contributed by atoms with Crippen molar-refractivity contribution in [1.29, 1.82) is 0 Å². The van der Waals surface area contributed by atoms with Gasteiger partial charge in [-0.05, 0) is 6.92 Å². The van der Waals surface area contributed by atoms with Crippen molar-refractivity contribution in [2.24, 2.45) is 0 Å². The van der Waals surface area contributed by atoms with Crippen LogP contribution in [0.15, 0.2) is 0 Å². The Balaban J connectivity index is 4.32. The zero-order valence-electron chi connectivity index (χ0n) is 7.86. The average molecular weight is 194 g/mol.